The Bertz CT molecular complexity index is 389. The van der Waals surface area contributed by atoms with Gasteiger partial charge in [0.1, 0.15) is 0 Å². The molecule has 4 N–H and O–H groups in total. The highest BCUT2D eigenvalue weighted by atomic mass is 16.4. The van der Waals surface area contributed by atoms with Crippen molar-refractivity contribution in [3.05, 3.63) is 0 Å². The molecule has 1 atom stereocenters. The van der Waals surface area contributed by atoms with Gasteiger partial charge in [-0.2, -0.15) is 0 Å². The Morgan fingerprint density at radius 1 is 1.35 bits per heavy atom. The van der Waals surface area contributed by atoms with E-state index < -0.39 is 17.3 Å². The minimum atomic E-state index is -0.790. The molecule has 114 valence electrons. The summed E-state index contributed by atoms with van der Waals surface area (Å²) in [5, 5.41) is 12.0. The second kappa shape index (κ2) is 6.58. The Morgan fingerprint density at radius 3 is 2.30 bits per heavy atom. The van der Waals surface area contributed by atoms with Gasteiger partial charge in [-0.25, -0.2) is 4.79 Å². The van der Waals surface area contributed by atoms with Gasteiger partial charge >= 0.3 is 12.0 Å². The van der Waals surface area contributed by atoms with Crippen LogP contribution in [0.15, 0.2) is 0 Å². The number of carboxylic acids is 1. The van der Waals surface area contributed by atoms with Crippen LogP contribution in [-0.2, 0) is 9.59 Å². The minimum Gasteiger partial charge on any atom is -0.481 e. The van der Waals surface area contributed by atoms with Crippen molar-refractivity contribution in [1.82, 2.24) is 10.2 Å². The predicted molar refractivity (Wildman–Crippen MR) is 73.0 cm³/mol. The van der Waals surface area contributed by atoms with E-state index in [9.17, 15) is 19.5 Å². The molecule has 1 aliphatic heterocycles. The molecule has 7 heteroatoms. The summed E-state index contributed by atoms with van der Waals surface area (Å²) in [6.45, 7) is 4.39. The van der Waals surface area contributed by atoms with Gasteiger partial charge < -0.3 is 21.1 Å². The molecule has 3 amide bonds. The maximum atomic E-state index is 12.0. The molecule has 0 spiro atoms. The summed E-state index contributed by atoms with van der Waals surface area (Å²) in [5.74, 6) is -1.26. The number of aliphatic carboxylic acids is 1. The fourth-order valence-corrected chi connectivity index (χ4v) is 2.51. The number of rotatable bonds is 5. The van der Waals surface area contributed by atoms with Crippen molar-refractivity contribution in [3.8, 4) is 0 Å². The summed E-state index contributed by atoms with van der Waals surface area (Å²) in [6.07, 6.45) is 1.57. The summed E-state index contributed by atoms with van der Waals surface area (Å²) in [4.78, 5) is 35.6. The standard InChI is InChI=1S/C13H23N3O4/c1-3-13(11(18)19)4-6-16(7-5-13)12(20)15-9(2)8-10(14)17/h9H,3-8H2,1-2H3,(H2,14,17)(H,15,20)(H,18,19). The molecule has 1 unspecified atom stereocenters. The first kappa shape index (κ1) is 16.3. The molecule has 0 aromatic heterocycles. The number of likely N-dealkylation sites (tertiary alicyclic amines) is 1. The summed E-state index contributed by atoms with van der Waals surface area (Å²) in [5.41, 5.74) is 4.35. The topological polar surface area (TPSA) is 113 Å². The number of carbonyl (C=O) groups excluding carboxylic acids is 2. The summed E-state index contributed by atoms with van der Waals surface area (Å²) >= 11 is 0. The quantitative estimate of drug-likeness (QED) is 0.684. The highest BCUT2D eigenvalue weighted by Gasteiger charge is 2.40. The number of hydrogen-bond donors (Lipinski definition) is 3. The van der Waals surface area contributed by atoms with E-state index in [-0.39, 0.29) is 18.5 Å². The Hall–Kier alpha value is -1.79. The zero-order valence-electron chi connectivity index (χ0n) is 12.0. The van der Waals surface area contributed by atoms with E-state index in [2.05, 4.69) is 5.32 Å². The summed E-state index contributed by atoms with van der Waals surface area (Å²) < 4.78 is 0. The van der Waals surface area contributed by atoms with E-state index in [1.165, 1.54) is 0 Å². The number of nitrogens with one attached hydrogen (secondary N) is 1. The average Bonchev–Trinajstić information content (AvgIpc) is 2.37. The lowest BCUT2D eigenvalue weighted by molar-refractivity contribution is -0.152. The van der Waals surface area contributed by atoms with Crippen molar-refractivity contribution in [3.63, 3.8) is 0 Å². The maximum Gasteiger partial charge on any atom is 0.317 e. The van der Waals surface area contributed by atoms with Crippen LogP contribution in [-0.4, -0.2) is 47.0 Å². The Kier molecular flexibility index (Phi) is 5.35. The number of nitrogens with zero attached hydrogens (tertiary/aromatic N) is 1. The van der Waals surface area contributed by atoms with Gasteiger partial charge in [0.05, 0.1) is 5.41 Å². The number of piperidine rings is 1. The molecule has 0 saturated carbocycles. The van der Waals surface area contributed by atoms with Crippen molar-refractivity contribution in [2.75, 3.05) is 13.1 Å². The Balaban J connectivity index is 2.50. The highest BCUT2D eigenvalue weighted by molar-refractivity contribution is 5.79. The zero-order valence-corrected chi connectivity index (χ0v) is 12.0. The molecule has 0 radical (unpaired) electrons. The third-order valence-corrected chi connectivity index (χ3v) is 4.02. The lowest BCUT2D eigenvalue weighted by Gasteiger charge is -2.38. The van der Waals surface area contributed by atoms with Crippen molar-refractivity contribution in [1.29, 1.82) is 0 Å². The van der Waals surface area contributed by atoms with Gasteiger partial charge in [-0.3, -0.25) is 9.59 Å². The molecule has 1 rings (SSSR count). The largest absolute Gasteiger partial charge is 0.481 e. The monoisotopic (exact) mass is 285 g/mol. The van der Waals surface area contributed by atoms with Crippen molar-refractivity contribution >= 4 is 17.9 Å². The molecule has 20 heavy (non-hydrogen) atoms. The predicted octanol–water partition coefficient (Wildman–Crippen LogP) is 0.537. The van der Waals surface area contributed by atoms with Gasteiger partial charge in [-0.1, -0.05) is 6.92 Å². The molecular weight excluding hydrogens is 262 g/mol. The van der Waals surface area contributed by atoms with E-state index in [1.807, 2.05) is 6.92 Å². The molecule has 0 aromatic rings. The van der Waals surface area contributed by atoms with Crippen LogP contribution in [0.25, 0.3) is 0 Å². The number of urea groups is 1. The van der Waals surface area contributed by atoms with E-state index in [0.29, 0.717) is 32.4 Å². The second-order valence-electron chi connectivity index (χ2n) is 5.45. The molecule has 0 aliphatic carbocycles. The Morgan fingerprint density at radius 2 is 1.90 bits per heavy atom. The SMILES string of the molecule is CCC1(C(=O)O)CCN(C(=O)NC(C)CC(N)=O)CC1. The first-order valence-electron chi connectivity index (χ1n) is 6.88. The van der Waals surface area contributed by atoms with Gasteiger partial charge in [0.15, 0.2) is 0 Å². The van der Waals surface area contributed by atoms with Crippen LogP contribution in [0.3, 0.4) is 0 Å². The van der Waals surface area contributed by atoms with Crippen LogP contribution in [0.4, 0.5) is 4.79 Å². The number of carboxylic acid groups (broad SMARTS) is 1. The highest BCUT2D eigenvalue weighted by Crippen LogP contribution is 2.35. The third kappa shape index (κ3) is 3.85. The number of primary amides is 1. The molecule has 1 fully saturated rings. The third-order valence-electron chi connectivity index (χ3n) is 4.02. The van der Waals surface area contributed by atoms with Crippen molar-refractivity contribution in [2.45, 2.75) is 45.6 Å². The molecule has 0 bridgehead atoms. The molecule has 0 aromatic carbocycles. The smallest absolute Gasteiger partial charge is 0.317 e. The van der Waals surface area contributed by atoms with Gasteiger partial charge in [0.25, 0.3) is 0 Å². The van der Waals surface area contributed by atoms with Crippen molar-refractivity contribution in [2.24, 2.45) is 11.1 Å². The number of nitrogens with two attached hydrogens (primary N) is 1. The molecule has 1 heterocycles. The first-order valence-corrected chi connectivity index (χ1v) is 6.88. The molecular formula is C13H23N3O4. The number of carbonyl (C=O) groups is 3. The van der Waals surface area contributed by atoms with Crippen LogP contribution in [0, 0.1) is 5.41 Å². The van der Waals surface area contributed by atoms with E-state index >= 15 is 0 Å². The molecule has 1 aliphatic rings. The van der Waals surface area contributed by atoms with E-state index in [4.69, 9.17) is 5.73 Å². The van der Waals surface area contributed by atoms with Crippen LogP contribution < -0.4 is 11.1 Å². The van der Waals surface area contributed by atoms with Crippen LogP contribution in [0.2, 0.25) is 0 Å². The summed E-state index contributed by atoms with van der Waals surface area (Å²) in [6, 6.07) is -0.592. The van der Waals surface area contributed by atoms with Crippen LogP contribution >= 0.6 is 0 Å². The minimum absolute atomic E-state index is 0.0909. The average molecular weight is 285 g/mol. The number of hydrogen-bond acceptors (Lipinski definition) is 3. The summed E-state index contributed by atoms with van der Waals surface area (Å²) in [7, 11) is 0. The Labute approximate surface area is 118 Å². The fraction of sp³-hybridized carbons (Fsp3) is 0.769. The van der Waals surface area contributed by atoms with E-state index in [0.717, 1.165) is 0 Å². The molecule has 1 saturated heterocycles. The number of amides is 3. The first-order chi connectivity index (χ1) is 9.30. The lowest BCUT2D eigenvalue weighted by Crippen LogP contribution is -2.51. The van der Waals surface area contributed by atoms with E-state index in [1.54, 1.807) is 11.8 Å². The second-order valence-corrected chi connectivity index (χ2v) is 5.45. The van der Waals surface area contributed by atoms with Crippen LogP contribution in [0.5, 0.6) is 0 Å². The van der Waals surface area contributed by atoms with Crippen LogP contribution in [0.1, 0.15) is 39.5 Å². The fourth-order valence-electron chi connectivity index (χ4n) is 2.51. The molecule has 7 nitrogen and oxygen atoms in total. The van der Waals surface area contributed by atoms with Gasteiger partial charge in [0.2, 0.25) is 5.91 Å². The van der Waals surface area contributed by atoms with Gasteiger partial charge in [-0.05, 0) is 26.2 Å². The van der Waals surface area contributed by atoms with Gasteiger partial charge in [0, 0.05) is 25.6 Å². The van der Waals surface area contributed by atoms with Crippen molar-refractivity contribution < 1.29 is 19.5 Å². The maximum absolute atomic E-state index is 12.0. The normalized spacial score (nSPS) is 19.2. The lowest BCUT2D eigenvalue weighted by atomic mass is 9.76. The van der Waals surface area contributed by atoms with Gasteiger partial charge in [-0.15, -0.1) is 0 Å². The zero-order chi connectivity index (χ0) is 15.3.